The second-order valence-corrected chi connectivity index (χ2v) is 4.28. The summed E-state index contributed by atoms with van der Waals surface area (Å²) < 4.78 is 22.9. The Morgan fingerprint density at radius 1 is 1.25 bits per heavy atom. The minimum Gasteiger partial charge on any atom is -0.455 e. The summed E-state index contributed by atoms with van der Waals surface area (Å²) in [5, 5.41) is 0. The minimum atomic E-state index is -2.10. The molecular formula is C12H15FO3. The van der Waals surface area contributed by atoms with E-state index in [4.69, 9.17) is 9.47 Å². The zero-order valence-corrected chi connectivity index (χ0v) is 9.57. The molecule has 0 radical (unpaired) electrons. The number of esters is 1. The number of hydrogen-bond donors (Lipinski definition) is 0. The molecule has 0 aliphatic carbocycles. The largest absolute Gasteiger partial charge is 0.455 e. The number of halogens is 1. The van der Waals surface area contributed by atoms with E-state index in [1.54, 1.807) is 51.1 Å². The third-order valence-corrected chi connectivity index (χ3v) is 1.57. The lowest BCUT2D eigenvalue weighted by molar-refractivity contribution is -0.172. The van der Waals surface area contributed by atoms with Crippen LogP contribution >= 0.6 is 0 Å². The monoisotopic (exact) mass is 226 g/mol. The van der Waals surface area contributed by atoms with Gasteiger partial charge in [-0.1, -0.05) is 18.2 Å². The standard InChI is InChI=1S/C12H15FO3/c1-12(2,3)16-11(14)10(13)15-9-7-5-4-6-8-9/h4-8,10H,1-3H3. The van der Waals surface area contributed by atoms with Crippen LogP contribution in [0.2, 0.25) is 0 Å². The normalized spacial score (nSPS) is 13.0. The van der Waals surface area contributed by atoms with Crippen LogP contribution in [0.4, 0.5) is 4.39 Å². The van der Waals surface area contributed by atoms with Crippen LogP contribution in [0, 0.1) is 0 Å². The van der Waals surface area contributed by atoms with Crippen LogP contribution in [0.25, 0.3) is 0 Å². The number of alkyl halides is 1. The Morgan fingerprint density at radius 2 is 1.81 bits per heavy atom. The predicted molar refractivity (Wildman–Crippen MR) is 57.8 cm³/mol. The SMILES string of the molecule is CC(C)(C)OC(=O)C(F)Oc1ccccc1. The maximum atomic E-state index is 13.3. The molecule has 88 valence electrons. The molecule has 0 spiro atoms. The predicted octanol–water partition coefficient (Wildman–Crippen LogP) is 2.70. The van der Waals surface area contributed by atoms with Gasteiger partial charge in [-0.25, -0.2) is 4.79 Å². The van der Waals surface area contributed by atoms with E-state index >= 15 is 0 Å². The van der Waals surface area contributed by atoms with E-state index in [1.807, 2.05) is 0 Å². The second kappa shape index (κ2) is 4.96. The Kier molecular flexibility index (Phi) is 3.88. The Morgan fingerprint density at radius 3 is 2.31 bits per heavy atom. The number of rotatable bonds is 3. The highest BCUT2D eigenvalue weighted by atomic mass is 19.1. The lowest BCUT2D eigenvalue weighted by Gasteiger charge is -2.21. The van der Waals surface area contributed by atoms with Crippen LogP contribution in [0.15, 0.2) is 30.3 Å². The average molecular weight is 226 g/mol. The van der Waals surface area contributed by atoms with Crippen LogP contribution < -0.4 is 4.74 Å². The van der Waals surface area contributed by atoms with Crippen molar-refractivity contribution in [2.24, 2.45) is 0 Å². The first kappa shape index (κ1) is 12.5. The number of hydrogen-bond acceptors (Lipinski definition) is 3. The Bertz CT molecular complexity index is 343. The fraction of sp³-hybridized carbons (Fsp3) is 0.417. The van der Waals surface area contributed by atoms with Crippen molar-refractivity contribution in [3.63, 3.8) is 0 Å². The number of carbonyl (C=O) groups is 1. The van der Waals surface area contributed by atoms with Gasteiger partial charge in [0.25, 0.3) is 0 Å². The summed E-state index contributed by atoms with van der Waals surface area (Å²) in [4.78, 5) is 11.2. The van der Waals surface area contributed by atoms with Gasteiger partial charge < -0.3 is 9.47 Å². The maximum Gasteiger partial charge on any atom is 0.381 e. The molecule has 0 amide bonds. The van der Waals surface area contributed by atoms with Crippen LogP contribution in [-0.4, -0.2) is 17.9 Å². The fourth-order valence-corrected chi connectivity index (χ4v) is 1.01. The van der Waals surface area contributed by atoms with E-state index in [2.05, 4.69) is 0 Å². The summed E-state index contributed by atoms with van der Waals surface area (Å²) in [5.41, 5.74) is -0.721. The lowest BCUT2D eigenvalue weighted by Crippen LogP contribution is -2.32. The highest BCUT2D eigenvalue weighted by Crippen LogP contribution is 2.15. The maximum absolute atomic E-state index is 13.3. The van der Waals surface area contributed by atoms with Crippen LogP contribution in [-0.2, 0) is 9.53 Å². The van der Waals surface area contributed by atoms with E-state index in [0.29, 0.717) is 5.75 Å². The average Bonchev–Trinajstić information content (AvgIpc) is 2.16. The lowest BCUT2D eigenvalue weighted by atomic mass is 10.2. The van der Waals surface area contributed by atoms with E-state index in [-0.39, 0.29) is 0 Å². The first-order valence-electron chi connectivity index (χ1n) is 4.97. The van der Waals surface area contributed by atoms with E-state index in [0.717, 1.165) is 0 Å². The van der Waals surface area contributed by atoms with Gasteiger partial charge in [-0.05, 0) is 32.9 Å². The van der Waals surface area contributed by atoms with Gasteiger partial charge in [0.05, 0.1) is 0 Å². The first-order valence-corrected chi connectivity index (χ1v) is 4.97. The van der Waals surface area contributed by atoms with E-state index in [1.165, 1.54) is 0 Å². The molecule has 0 heterocycles. The highest BCUT2D eigenvalue weighted by molar-refractivity contribution is 5.73. The molecule has 4 heteroatoms. The van der Waals surface area contributed by atoms with Crippen molar-refractivity contribution >= 4 is 5.97 Å². The summed E-state index contributed by atoms with van der Waals surface area (Å²) in [6.07, 6.45) is -2.10. The number of ether oxygens (including phenoxy) is 2. The fourth-order valence-electron chi connectivity index (χ4n) is 1.01. The van der Waals surface area contributed by atoms with Gasteiger partial charge in [-0.3, -0.25) is 0 Å². The van der Waals surface area contributed by atoms with Crippen molar-refractivity contribution in [2.45, 2.75) is 32.7 Å². The van der Waals surface area contributed by atoms with Gasteiger partial charge in [0.2, 0.25) is 0 Å². The smallest absolute Gasteiger partial charge is 0.381 e. The molecule has 3 nitrogen and oxygen atoms in total. The molecule has 0 aliphatic heterocycles. The molecule has 16 heavy (non-hydrogen) atoms. The van der Waals surface area contributed by atoms with Crippen molar-refractivity contribution in [3.8, 4) is 5.75 Å². The van der Waals surface area contributed by atoms with Gasteiger partial charge in [-0.15, -0.1) is 0 Å². The van der Waals surface area contributed by atoms with Crippen LogP contribution in [0.5, 0.6) is 5.75 Å². The highest BCUT2D eigenvalue weighted by Gasteiger charge is 2.26. The quantitative estimate of drug-likeness (QED) is 0.743. The van der Waals surface area contributed by atoms with E-state index < -0.39 is 17.9 Å². The first-order chi connectivity index (χ1) is 7.38. The van der Waals surface area contributed by atoms with Crippen molar-refractivity contribution in [1.29, 1.82) is 0 Å². The number of carbonyl (C=O) groups excluding carboxylic acids is 1. The van der Waals surface area contributed by atoms with Gasteiger partial charge in [0, 0.05) is 0 Å². The van der Waals surface area contributed by atoms with Crippen molar-refractivity contribution < 1.29 is 18.7 Å². The Hall–Kier alpha value is -1.58. The Labute approximate surface area is 94.2 Å². The summed E-state index contributed by atoms with van der Waals surface area (Å²) in [5.74, 6) is -0.725. The van der Waals surface area contributed by atoms with Crippen LogP contribution in [0.1, 0.15) is 20.8 Å². The molecule has 0 bridgehead atoms. The third-order valence-electron chi connectivity index (χ3n) is 1.57. The van der Waals surface area contributed by atoms with Crippen molar-refractivity contribution in [2.75, 3.05) is 0 Å². The molecule has 0 N–H and O–H groups in total. The molecular weight excluding hydrogens is 211 g/mol. The minimum absolute atomic E-state index is 0.292. The van der Waals surface area contributed by atoms with Crippen molar-refractivity contribution in [1.82, 2.24) is 0 Å². The number of para-hydroxylation sites is 1. The van der Waals surface area contributed by atoms with Gasteiger partial charge in [0.1, 0.15) is 11.4 Å². The summed E-state index contributed by atoms with van der Waals surface area (Å²) in [7, 11) is 0. The molecule has 1 aromatic rings. The van der Waals surface area contributed by atoms with Crippen LogP contribution in [0.3, 0.4) is 0 Å². The van der Waals surface area contributed by atoms with Gasteiger partial charge in [-0.2, -0.15) is 4.39 Å². The van der Waals surface area contributed by atoms with Gasteiger partial charge >= 0.3 is 12.3 Å². The zero-order chi connectivity index (χ0) is 12.2. The molecule has 0 aliphatic rings. The van der Waals surface area contributed by atoms with E-state index in [9.17, 15) is 9.18 Å². The molecule has 1 aromatic carbocycles. The van der Waals surface area contributed by atoms with Crippen molar-refractivity contribution in [3.05, 3.63) is 30.3 Å². The van der Waals surface area contributed by atoms with Gasteiger partial charge in [0.15, 0.2) is 0 Å². The second-order valence-electron chi connectivity index (χ2n) is 4.28. The molecule has 0 saturated carbocycles. The summed E-state index contributed by atoms with van der Waals surface area (Å²) in [6.45, 7) is 5.00. The molecule has 1 rings (SSSR count). The zero-order valence-electron chi connectivity index (χ0n) is 9.57. The topological polar surface area (TPSA) is 35.5 Å². The third kappa shape index (κ3) is 4.29. The molecule has 1 atom stereocenters. The molecule has 0 aromatic heterocycles. The molecule has 1 unspecified atom stereocenters. The molecule has 0 saturated heterocycles. The Balaban J connectivity index is 2.53. The summed E-state index contributed by atoms with van der Waals surface area (Å²) in [6, 6.07) is 8.29. The summed E-state index contributed by atoms with van der Waals surface area (Å²) >= 11 is 0. The number of benzene rings is 1. The molecule has 0 fully saturated rings.